The molecule has 250 valence electrons. The summed E-state index contributed by atoms with van der Waals surface area (Å²) in [6, 6.07) is 5.95. The lowest BCUT2D eigenvalue weighted by Gasteiger charge is -2.35. The van der Waals surface area contributed by atoms with Crippen molar-refractivity contribution in [2.45, 2.75) is 168 Å². The van der Waals surface area contributed by atoms with Crippen molar-refractivity contribution in [1.29, 1.82) is 0 Å². The number of rotatable bonds is 14. The average molecular weight is 639 g/mol. The van der Waals surface area contributed by atoms with Gasteiger partial charge in [0.15, 0.2) is 0 Å². The van der Waals surface area contributed by atoms with Gasteiger partial charge in [-0.1, -0.05) is 41.5 Å². The molecule has 0 radical (unpaired) electrons. The molecule has 6 unspecified atom stereocenters. The summed E-state index contributed by atoms with van der Waals surface area (Å²) in [7, 11) is -9.93. The average Bonchev–Trinajstić information content (AvgIpc) is 2.91. The van der Waals surface area contributed by atoms with Crippen molar-refractivity contribution in [3.05, 3.63) is 12.1 Å². The lowest BCUT2D eigenvalue weighted by molar-refractivity contribution is -0.968. The zero-order chi connectivity index (χ0) is 33.6. The van der Waals surface area contributed by atoms with Gasteiger partial charge in [0.2, 0.25) is 0 Å². The molecule has 0 aliphatic carbocycles. The van der Waals surface area contributed by atoms with Crippen molar-refractivity contribution < 1.29 is 35.7 Å². The van der Waals surface area contributed by atoms with Crippen LogP contribution >= 0.6 is 0 Å². The van der Waals surface area contributed by atoms with Crippen LogP contribution in [-0.2, 0) is 20.2 Å². The number of nitrogens with one attached hydrogen (secondary N) is 2. The molecule has 0 heterocycles. The minimum absolute atomic E-state index is 0.356. The number of nitrogens with two attached hydrogens (primary N) is 2. The fraction of sp³-hybridized carbons (Fsp3) is 0.800. The molecule has 6 N–H and O–H groups in total. The first kappa shape index (κ1) is 42.7. The molecule has 0 aliphatic rings. The summed E-state index contributed by atoms with van der Waals surface area (Å²) in [6.45, 7) is 28.1. The molecule has 6 atom stereocenters. The van der Waals surface area contributed by atoms with Gasteiger partial charge in [-0.25, -0.2) is 16.8 Å². The van der Waals surface area contributed by atoms with E-state index in [9.17, 15) is 25.9 Å². The Kier molecular flexibility index (Phi) is 20.1. The second-order valence-electron chi connectivity index (χ2n) is 11.7. The van der Waals surface area contributed by atoms with Crippen molar-refractivity contribution in [3.63, 3.8) is 0 Å². The first-order valence-electron chi connectivity index (χ1n) is 15.5. The highest BCUT2D eigenvalue weighted by atomic mass is 32.2. The first-order chi connectivity index (χ1) is 19.2. The van der Waals surface area contributed by atoms with Crippen molar-refractivity contribution in [2.75, 3.05) is 11.5 Å². The van der Waals surface area contributed by atoms with Gasteiger partial charge in [-0.15, -0.1) is 0 Å². The van der Waals surface area contributed by atoms with Crippen LogP contribution in [0.2, 0.25) is 0 Å². The normalized spacial score (nSPS) is 17.7. The van der Waals surface area contributed by atoms with Crippen LogP contribution in [0.4, 0.5) is 11.4 Å². The fourth-order valence-electron chi connectivity index (χ4n) is 5.36. The third-order valence-electron chi connectivity index (χ3n) is 8.77. The molecular formula is C30H62N4O6S2. The zero-order valence-electron chi connectivity index (χ0n) is 28.3. The van der Waals surface area contributed by atoms with E-state index in [4.69, 9.17) is 11.5 Å². The highest BCUT2D eigenvalue weighted by Gasteiger charge is 2.26. The molecule has 10 nitrogen and oxygen atoms in total. The molecule has 0 amide bonds. The van der Waals surface area contributed by atoms with Gasteiger partial charge < -0.3 is 30.4 Å². The summed E-state index contributed by atoms with van der Waals surface area (Å²) in [5.74, 6) is 0. The minimum Gasteiger partial charge on any atom is -0.744 e. The lowest BCUT2D eigenvalue weighted by Crippen LogP contribution is -3.21. The van der Waals surface area contributed by atoms with E-state index < -0.39 is 41.4 Å². The summed E-state index contributed by atoms with van der Waals surface area (Å²) < 4.78 is 64.0. The number of anilines is 2. The Labute approximate surface area is 258 Å². The van der Waals surface area contributed by atoms with Gasteiger partial charge in [0.05, 0.1) is 57.4 Å². The topological polar surface area (TPSA) is 175 Å². The van der Waals surface area contributed by atoms with Crippen molar-refractivity contribution in [2.24, 2.45) is 0 Å². The van der Waals surface area contributed by atoms with Gasteiger partial charge in [0, 0.05) is 0 Å². The van der Waals surface area contributed by atoms with Gasteiger partial charge in [-0.05, 0) is 92.2 Å². The minimum atomic E-state index is -4.97. The van der Waals surface area contributed by atoms with Gasteiger partial charge in [0.25, 0.3) is 0 Å². The van der Waals surface area contributed by atoms with Crippen LogP contribution in [0.15, 0.2) is 21.9 Å². The van der Waals surface area contributed by atoms with E-state index in [1.807, 2.05) is 0 Å². The maximum atomic E-state index is 10.7. The third kappa shape index (κ3) is 13.9. The summed E-state index contributed by atoms with van der Waals surface area (Å²) in [4.78, 5) is 1.62. The van der Waals surface area contributed by atoms with Gasteiger partial charge >= 0.3 is 0 Å². The standard InChI is InChI=1S/2C12H27N.C6H8N2O6S2/c2*1-7-10(4)13(11(5)8-2)12(6)9-3;7-3-1-4(8)6(16(12,13)14)2-5(3)15(9,10)11/h2*10-12H,7-9H2,1-6H3;1-2H,7-8H2,(H,9,10,11)(H,12,13,14). The van der Waals surface area contributed by atoms with Gasteiger partial charge in [-0.2, -0.15) is 0 Å². The Hall–Kier alpha value is -1.44. The number of hydrogen-bond donors (Lipinski definition) is 4. The summed E-state index contributed by atoms with van der Waals surface area (Å²) >= 11 is 0. The highest BCUT2D eigenvalue weighted by molar-refractivity contribution is 7.86. The molecule has 1 rings (SSSR count). The molecule has 0 spiro atoms. The Balaban J connectivity index is 0. The van der Waals surface area contributed by atoms with E-state index in [1.165, 1.54) is 38.5 Å². The van der Waals surface area contributed by atoms with Gasteiger partial charge in [0.1, 0.15) is 20.2 Å². The largest absolute Gasteiger partial charge is 0.744 e. The van der Waals surface area contributed by atoms with Crippen molar-refractivity contribution >= 4 is 31.6 Å². The van der Waals surface area contributed by atoms with Crippen LogP contribution in [0.3, 0.4) is 0 Å². The molecular weight excluding hydrogens is 576 g/mol. The Morgan fingerprint density at radius 1 is 0.524 bits per heavy atom. The second kappa shape index (κ2) is 19.8. The molecule has 12 heteroatoms. The maximum absolute atomic E-state index is 10.7. The van der Waals surface area contributed by atoms with Crippen LogP contribution in [0.1, 0.15) is 122 Å². The van der Waals surface area contributed by atoms with E-state index in [0.29, 0.717) is 6.07 Å². The third-order valence-corrected chi connectivity index (χ3v) is 10.6. The molecule has 0 bridgehead atoms. The molecule has 0 aromatic heterocycles. The number of quaternary nitrogens is 2. The van der Waals surface area contributed by atoms with Crippen molar-refractivity contribution in [3.8, 4) is 0 Å². The van der Waals surface area contributed by atoms with E-state index in [2.05, 4.69) is 83.1 Å². The van der Waals surface area contributed by atoms with Crippen LogP contribution in [0.25, 0.3) is 0 Å². The molecule has 0 saturated carbocycles. The Morgan fingerprint density at radius 2 is 0.714 bits per heavy atom. The van der Waals surface area contributed by atoms with E-state index in [0.717, 1.165) is 42.3 Å². The van der Waals surface area contributed by atoms with E-state index in [1.54, 1.807) is 9.80 Å². The number of hydrogen-bond acceptors (Lipinski definition) is 8. The number of nitrogen functional groups attached to an aromatic ring is 2. The van der Waals surface area contributed by atoms with Crippen LogP contribution in [-0.4, -0.2) is 62.2 Å². The second-order valence-corrected chi connectivity index (χ2v) is 14.4. The SMILES string of the molecule is CCC(C)[NH+](C(C)CC)C(C)CC.CCC(C)[NH+](C(C)CC)C(C)CC.Nc1cc(N)c(S(=O)(=O)[O-])cc1S(=O)(=O)[O-]. The molecule has 0 fully saturated rings. The highest BCUT2D eigenvalue weighted by Crippen LogP contribution is 2.27. The van der Waals surface area contributed by atoms with E-state index in [-0.39, 0.29) is 0 Å². The molecule has 42 heavy (non-hydrogen) atoms. The summed E-state index contributed by atoms with van der Waals surface area (Å²) in [5.41, 5.74) is 9.30. The summed E-state index contributed by atoms with van der Waals surface area (Å²) in [5, 5.41) is 0. The summed E-state index contributed by atoms with van der Waals surface area (Å²) in [6.07, 6.45) is 7.77. The molecule has 1 aromatic carbocycles. The van der Waals surface area contributed by atoms with Gasteiger partial charge in [-0.3, -0.25) is 0 Å². The molecule has 0 aliphatic heterocycles. The van der Waals surface area contributed by atoms with Crippen LogP contribution in [0, 0.1) is 0 Å². The Morgan fingerprint density at radius 3 is 0.857 bits per heavy atom. The zero-order valence-corrected chi connectivity index (χ0v) is 29.9. The smallest absolute Gasteiger partial charge is 0.126 e. The first-order valence-corrected chi connectivity index (χ1v) is 18.3. The lowest BCUT2D eigenvalue weighted by atomic mass is 10.1. The number of benzene rings is 1. The van der Waals surface area contributed by atoms with Crippen LogP contribution in [0.5, 0.6) is 0 Å². The van der Waals surface area contributed by atoms with Crippen LogP contribution < -0.4 is 21.3 Å². The predicted molar refractivity (Wildman–Crippen MR) is 172 cm³/mol. The fourth-order valence-corrected chi connectivity index (χ4v) is 6.65. The van der Waals surface area contributed by atoms with E-state index >= 15 is 0 Å². The molecule has 1 aromatic rings. The maximum Gasteiger partial charge on any atom is 0.126 e. The molecule has 0 saturated heterocycles. The quantitative estimate of drug-likeness (QED) is 0.177. The predicted octanol–water partition coefficient (Wildman–Crippen LogP) is 3.19. The monoisotopic (exact) mass is 638 g/mol. The van der Waals surface area contributed by atoms with Crippen molar-refractivity contribution in [1.82, 2.24) is 0 Å². The Bertz CT molecular complexity index is 984.